The summed E-state index contributed by atoms with van der Waals surface area (Å²) in [6, 6.07) is 0. The largest absolute Gasteiger partial charge is 0.302 e. The van der Waals surface area contributed by atoms with Gasteiger partial charge < -0.3 is 5.32 Å². The van der Waals surface area contributed by atoms with E-state index in [4.69, 9.17) is 0 Å². The molecule has 2 fully saturated rings. The number of nitrogens with zero attached hydrogens (tertiary/aromatic N) is 1. The molecule has 0 aromatic rings. The minimum Gasteiger partial charge on any atom is -0.302 e. The first-order valence-corrected chi connectivity index (χ1v) is 3.79. The van der Waals surface area contributed by atoms with Crippen molar-refractivity contribution in [2.24, 2.45) is 0 Å². The topological polar surface area (TPSA) is 15.3 Å². The van der Waals surface area contributed by atoms with E-state index in [1.54, 1.807) is 0 Å². The van der Waals surface area contributed by atoms with Crippen molar-refractivity contribution in [1.82, 2.24) is 10.2 Å². The van der Waals surface area contributed by atoms with Crippen LogP contribution in [0.4, 0.5) is 0 Å². The molecule has 1 radical (unpaired) electrons. The van der Waals surface area contributed by atoms with E-state index in [1.165, 1.54) is 32.4 Å². The van der Waals surface area contributed by atoms with Gasteiger partial charge in [-0.2, -0.15) is 0 Å². The number of fused-ring (bicyclic) bond motifs is 1. The molecule has 2 aliphatic heterocycles. The first-order chi connectivity index (χ1) is 4.47. The Morgan fingerprint density at radius 3 is 3.44 bits per heavy atom. The Morgan fingerprint density at radius 2 is 2.56 bits per heavy atom. The lowest BCUT2D eigenvalue weighted by Gasteiger charge is -2.29. The van der Waals surface area contributed by atoms with Crippen LogP contribution in [-0.2, 0) is 0 Å². The third-order valence-corrected chi connectivity index (χ3v) is 2.18. The van der Waals surface area contributed by atoms with Gasteiger partial charge in [-0.3, -0.25) is 4.90 Å². The molecule has 0 aliphatic carbocycles. The molecule has 2 rings (SSSR count). The van der Waals surface area contributed by atoms with Crippen molar-refractivity contribution in [1.29, 1.82) is 0 Å². The van der Waals surface area contributed by atoms with Gasteiger partial charge in [-0.15, -0.1) is 0 Å². The van der Waals surface area contributed by atoms with Crippen molar-refractivity contribution in [2.45, 2.75) is 25.4 Å². The second kappa shape index (κ2) is 2.27. The Bertz CT molecular complexity index is 91.1. The van der Waals surface area contributed by atoms with Gasteiger partial charge in [0.1, 0.15) is 0 Å². The molecule has 9 heavy (non-hydrogen) atoms. The van der Waals surface area contributed by atoms with E-state index in [-0.39, 0.29) is 0 Å². The molecule has 0 aromatic heterocycles. The number of nitrogens with one attached hydrogen (secondary N) is 1. The zero-order chi connectivity index (χ0) is 6.10. The molecule has 1 N–H and O–H groups in total. The molecule has 2 heterocycles. The highest BCUT2D eigenvalue weighted by Crippen LogP contribution is 2.19. The average Bonchev–Trinajstić information content (AvgIpc) is 2.33. The maximum atomic E-state index is 3.48. The van der Waals surface area contributed by atoms with Crippen LogP contribution >= 0.6 is 0 Å². The molecule has 2 heteroatoms. The number of rotatable bonds is 0. The molecule has 51 valence electrons. The summed E-state index contributed by atoms with van der Waals surface area (Å²) in [5.74, 6) is 0. The first-order valence-electron chi connectivity index (χ1n) is 3.79. The van der Waals surface area contributed by atoms with Gasteiger partial charge in [0.2, 0.25) is 0 Å². The zero-order valence-electron chi connectivity index (χ0n) is 5.64. The van der Waals surface area contributed by atoms with Crippen LogP contribution in [-0.4, -0.2) is 24.2 Å². The van der Waals surface area contributed by atoms with E-state index in [2.05, 4.69) is 16.8 Å². The normalized spacial score (nSPS) is 36.7. The Labute approximate surface area is 56.2 Å². The second-order valence-corrected chi connectivity index (χ2v) is 2.82. The molecule has 0 amide bonds. The smallest absolute Gasteiger partial charge is 0.0600 e. The Morgan fingerprint density at radius 1 is 1.56 bits per heavy atom. The highest BCUT2D eigenvalue weighted by atomic mass is 15.3. The molecule has 1 unspecified atom stereocenters. The van der Waals surface area contributed by atoms with Crippen LogP contribution in [0.3, 0.4) is 0 Å². The zero-order valence-corrected chi connectivity index (χ0v) is 5.64. The Balaban J connectivity index is 1.97. The van der Waals surface area contributed by atoms with E-state index in [9.17, 15) is 0 Å². The summed E-state index contributed by atoms with van der Waals surface area (Å²) in [6.07, 6.45) is 4.62. The van der Waals surface area contributed by atoms with Gasteiger partial charge >= 0.3 is 0 Å². The van der Waals surface area contributed by atoms with Crippen molar-refractivity contribution in [3.8, 4) is 0 Å². The molecule has 0 saturated carbocycles. The Kier molecular flexibility index (Phi) is 1.44. The molecular weight excluding hydrogens is 112 g/mol. The van der Waals surface area contributed by atoms with Crippen LogP contribution in [0.2, 0.25) is 0 Å². The molecule has 0 spiro atoms. The summed E-state index contributed by atoms with van der Waals surface area (Å²) in [5, 5.41) is 3.48. The summed E-state index contributed by atoms with van der Waals surface area (Å²) in [4.78, 5) is 2.43. The number of hydrogen-bond donors (Lipinski definition) is 1. The lowest BCUT2D eigenvalue weighted by atomic mass is 10.2. The maximum absolute atomic E-state index is 3.48. The fraction of sp³-hybridized carbons (Fsp3) is 0.857. The van der Waals surface area contributed by atoms with Gasteiger partial charge in [-0.05, 0) is 25.8 Å². The van der Waals surface area contributed by atoms with Crippen molar-refractivity contribution in [3.63, 3.8) is 0 Å². The molecule has 2 saturated heterocycles. The average molecular weight is 125 g/mol. The lowest BCUT2D eigenvalue weighted by Crippen LogP contribution is -2.44. The maximum Gasteiger partial charge on any atom is 0.0600 e. The number of hydrogen-bond acceptors (Lipinski definition) is 2. The highest BCUT2D eigenvalue weighted by Gasteiger charge is 2.25. The summed E-state index contributed by atoms with van der Waals surface area (Å²) in [6.45, 7) is 4.80. The fourth-order valence-electron chi connectivity index (χ4n) is 1.71. The summed E-state index contributed by atoms with van der Waals surface area (Å²) in [7, 11) is 0. The van der Waals surface area contributed by atoms with Crippen molar-refractivity contribution < 1.29 is 0 Å². The molecule has 0 bridgehead atoms. The third kappa shape index (κ3) is 0.970. The van der Waals surface area contributed by atoms with Gasteiger partial charge in [0.15, 0.2) is 0 Å². The quantitative estimate of drug-likeness (QED) is 0.509. The predicted octanol–water partition coefficient (Wildman–Crippen LogP) is 0.563. The van der Waals surface area contributed by atoms with E-state index in [0.29, 0.717) is 6.17 Å². The minimum absolute atomic E-state index is 0.693. The molecule has 0 aromatic carbocycles. The Hall–Kier alpha value is -0.0800. The van der Waals surface area contributed by atoms with Crippen LogP contribution in [0.5, 0.6) is 0 Å². The van der Waals surface area contributed by atoms with Gasteiger partial charge in [0.05, 0.1) is 6.17 Å². The minimum atomic E-state index is 0.693. The molecule has 2 aliphatic rings. The summed E-state index contributed by atoms with van der Waals surface area (Å²) < 4.78 is 0. The van der Waals surface area contributed by atoms with Crippen molar-refractivity contribution >= 4 is 0 Å². The van der Waals surface area contributed by atoms with Gasteiger partial charge in [0, 0.05) is 13.1 Å². The van der Waals surface area contributed by atoms with Gasteiger partial charge in [-0.25, -0.2) is 0 Å². The lowest BCUT2D eigenvalue weighted by molar-refractivity contribution is 0.225. The molecular formula is C7H13N2. The van der Waals surface area contributed by atoms with Crippen LogP contribution in [0.25, 0.3) is 0 Å². The highest BCUT2D eigenvalue weighted by molar-refractivity contribution is 4.86. The van der Waals surface area contributed by atoms with Crippen LogP contribution in [0.15, 0.2) is 0 Å². The first kappa shape index (κ1) is 5.69. The predicted molar refractivity (Wildman–Crippen MR) is 36.6 cm³/mol. The van der Waals surface area contributed by atoms with Gasteiger partial charge in [-0.1, -0.05) is 0 Å². The molecule has 1 atom stereocenters. The monoisotopic (exact) mass is 125 g/mol. The summed E-state index contributed by atoms with van der Waals surface area (Å²) in [5.41, 5.74) is 0. The van der Waals surface area contributed by atoms with Crippen LogP contribution in [0.1, 0.15) is 19.3 Å². The van der Waals surface area contributed by atoms with Gasteiger partial charge in [0.25, 0.3) is 0 Å². The molecule has 2 nitrogen and oxygen atoms in total. The summed E-state index contributed by atoms with van der Waals surface area (Å²) >= 11 is 0. The second-order valence-electron chi connectivity index (χ2n) is 2.82. The van der Waals surface area contributed by atoms with Crippen molar-refractivity contribution in [3.05, 3.63) is 6.54 Å². The fourth-order valence-corrected chi connectivity index (χ4v) is 1.71. The standard InChI is InChI=1S/C7H13N2/c1-3-7-8-4-2-6-9(7)5-1/h6-8H,1-5H2. The SMILES string of the molecule is [CH]1CCNC2CCCN12. The van der Waals surface area contributed by atoms with Crippen LogP contribution in [0, 0.1) is 6.54 Å². The van der Waals surface area contributed by atoms with Crippen molar-refractivity contribution in [2.75, 3.05) is 13.1 Å². The third-order valence-electron chi connectivity index (χ3n) is 2.18. The van der Waals surface area contributed by atoms with E-state index in [1.807, 2.05) is 0 Å². The van der Waals surface area contributed by atoms with E-state index in [0.717, 1.165) is 0 Å². The van der Waals surface area contributed by atoms with E-state index < -0.39 is 0 Å². The van der Waals surface area contributed by atoms with Crippen LogP contribution < -0.4 is 5.32 Å². The van der Waals surface area contributed by atoms with E-state index >= 15 is 0 Å².